The Labute approximate surface area is 144 Å². The zero-order chi connectivity index (χ0) is 16.4. The molecule has 0 radical (unpaired) electrons. The Morgan fingerprint density at radius 1 is 1.33 bits per heavy atom. The third-order valence-electron chi connectivity index (χ3n) is 4.27. The minimum atomic E-state index is 0.0671. The van der Waals surface area contributed by atoms with Crippen LogP contribution in [0.25, 0.3) is 21.0 Å². The number of nitrogens with one attached hydrogen (secondary N) is 2. The molecule has 3 heterocycles. The zero-order valence-corrected chi connectivity index (χ0v) is 14.1. The Hall–Kier alpha value is -2.18. The first-order valence-electron chi connectivity index (χ1n) is 8.23. The number of piperidine rings is 1. The number of para-hydroxylation sites is 1. The summed E-state index contributed by atoms with van der Waals surface area (Å²) < 4.78 is 7.00. The van der Waals surface area contributed by atoms with Gasteiger partial charge in [-0.15, -0.1) is 11.3 Å². The van der Waals surface area contributed by atoms with Crippen LogP contribution < -0.4 is 10.6 Å². The maximum Gasteiger partial charge on any atom is 0.224 e. The van der Waals surface area contributed by atoms with Crippen LogP contribution in [-0.4, -0.2) is 24.0 Å². The molecule has 0 spiro atoms. The van der Waals surface area contributed by atoms with E-state index >= 15 is 0 Å². The van der Waals surface area contributed by atoms with Gasteiger partial charge in [-0.1, -0.05) is 12.1 Å². The second-order valence-electron chi connectivity index (χ2n) is 6.01. The smallest absolute Gasteiger partial charge is 0.224 e. The van der Waals surface area contributed by atoms with Crippen LogP contribution in [0.15, 0.2) is 40.8 Å². The number of fused-ring (bicyclic) bond motifs is 1. The SMILES string of the molecule is O=C(NCc1ccc(-c2nc3ccccc3s2)o1)C1CCCNC1. The first-order valence-corrected chi connectivity index (χ1v) is 9.04. The maximum absolute atomic E-state index is 12.2. The molecular formula is C18H19N3O2S. The Kier molecular flexibility index (Phi) is 4.32. The molecule has 1 aliphatic rings. The van der Waals surface area contributed by atoms with Gasteiger partial charge in [0.25, 0.3) is 0 Å². The molecule has 4 rings (SSSR count). The van der Waals surface area contributed by atoms with Crippen LogP contribution in [0.2, 0.25) is 0 Å². The van der Waals surface area contributed by atoms with Gasteiger partial charge in [-0.3, -0.25) is 4.79 Å². The largest absolute Gasteiger partial charge is 0.457 e. The van der Waals surface area contributed by atoms with E-state index in [0.717, 1.165) is 52.7 Å². The lowest BCUT2D eigenvalue weighted by molar-refractivity contribution is -0.125. The molecule has 1 fully saturated rings. The first kappa shape index (κ1) is 15.4. The number of benzene rings is 1. The summed E-state index contributed by atoms with van der Waals surface area (Å²) in [5, 5.41) is 7.10. The Morgan fingerprint density at radius 3 is 3.08 bits per heavy atom. The third kappa shape index (κ3) is 3.20. The van der Waals surface area contributed by atoms with Gasteiger partial charge in [0, 0.05) is 6.54 Å². The number of amides is 1. The fourth-order valence-electron chi connectivity index (χ4n) is 2.96. The topological polar surface area (TPSA) is 67.2 Å². The summed E-state index contributed by atoms with van der Waals surface area (Å²) in [4.78, 5) is 16.8. The van der Waals surface area contributed by atoms with Gasteiger partial charge in [0.05, 0.1) is 22.7 Å². The minimum absolute atomic E-state index is 0.0671. The highest BCUT2D eigenvalue weighted by molar-refractivity contribution is 7.21. The van der Waals surface area contributed by atoms with E-state index in [1.54, 1.807) is 11.3 Å². The lowest BCUT2D eigenvalue weighted by atomic mass is 9.99. The van der Waals surface area contributed by atoms with Crippen LogP contribution in [0, 0.1) is 5.92 Å². The van der Waals surface area contributed by atoms with Gasteiger partial charge < -0.3 is 15.1 Å². The summed E-state index contributed by atoms with van der Waals surface area (Å²) in [5.74, 6) is 1.67. The van der Waals surface area contributed by atoms with Gasteiger partial charge in [-0.2, -0.15) is 0 Å². The standard InChI is InChI=1S/C18H19N3O2S/c22-17(12-4-3-9-19-10-12)20-11-13-7-8-15(23-13)18-21-14-5-1-2-6-16(14)24-18/h1-2,5-8,12,19H,3-4,9-11H2,(H,20,22). The van der Waals surface area contributed by atoms with Crippen molar-refractivity contribution in [2.24, 2.45) is 5.92 Å². The molecular weight excluding hydrogens is 322 g/mol. The predicted octanol–water partition coefficient (Wildman–Crippen LogP) is 3.17. The molecule has 1 unspecified atom stereocenters. The molecule has 1 aliphatic heterocycles. The normalized spacial score (nSPS) is 17.9. The molecule has 1 atom stereocenters. The van der Waals surface area contributed by atoms with E-state index in [1.807, 2.05) is 30.3 Å². The van der Waals surface area contributed by atoms with E-state index in [4.69, 9.17) is 4.42 Å². The van der Waals surface area contributed by atoms with Gasteiger partial charge in [-0.05, 0) is 43.7 Å². The molecule has 5 nitrogen and oxygen atoms in total. The van der Waals surface area contributed by atoms with E-state index in [1.165, 1.54) is 0 Å². The third-order valence-corrected chi connectivity index (χ3v) is 5.32. The van der Waals surface area contributed by atoms with E-state index < -0.39 is 0 Å². The zero-order valence-electron chi connectivity index (χ0n) is 13.2. The van der Waals surface area contributed by atoms with Crippen molar-refractivity contribution in [1.82, 2.24) is 15.6 Å². The number of carbonyl (C=O) groups excluding carboxylic acids is 1. The fourth-order valence-corrected chi connectivity index (χ4v) is 3.89. The minimum Gasteiger partial charge on any atom is -0.457 e. The van der Waals surface area contributed by atoms with Crippen LogP contribution in [0.5, 0.6) is 0 Å². The van der Waals surface area contributed by atoms with Gasteiger partial charge in [0.15, 0.2) is 10.8 Å². The average molecular weight is 341 g/mol. The number of rotatable bonds is 4. The molecule has 0 saturated carbocycles. The molecule has 2 aromatic heterocycles. The van der Waals surface area contributed by atoms with Crippen LogP contribution in [-0.2, 0) is 11.3 Å². The second kappa shape index (κ2) is 6.75. The highest BCUT2D eigenvalue weighted by Gasteiger charge is 2.20. The molecule has 6 heteroatoms. The molecule has 1 saturated heterocycles. The molecule has 24 heavy (non-hydrogen) atoms. The second-order valence-corrected chi connectivity index (χ2v) is 7.04. The van der Waals surface area contributed by atoms with E-state index in [-0.39, 0.29) is 11.8 Å². The predicted molar refractivity (Wildman–Crippen MR) is 94.8 cm³/mol. The van der Waals surface area contributed by atoms with Crippen LogP contribution in [0.3, 0.4) is 0 Å². The number of nitrogens with zero attached hydrogens (tertiary/aromatic N) is 1. The van der Waals surface area contributed by atoms with Crippen molar-refractivity contribution in [1.29, 1.82) is 0 Å². The lowest BCUT2D eigenvalue weighted by Gasteiger charge is -2.21. The van der Waals surface area contributed by atoms with Crippen LogP contribution in [0.1, 0.15) is 18.6 Å². The van der Waals surface area contributed by atoms with E-state index in [0.29, 0.717) is 6.54 Å². The van der Waals surface area contributed by atoms with Gasteiger partial charge in [0.1, 0.15) is 5.76 Å². The molecule has 1 amide bonds. The van der Waals surface area contributed by atoms with Gasteiger partial charge in [0.2, 0.25) is 5.91 Å². The highest BCUT2D eigenvalue weighted by atomic mass is 32.1. The molecule has 0 aliphatic carbocycles. The van der Waals surface area contributed by atoms with Crippen LogP contribution in [0.4, 0.5) is 0 Å². The van der Waals surface area contributed by atoms with E-state index in [9.17, 15) is 4.79 Å². The van der Waals surface area contributed by atoms with Crippen LogP contribution >= 0.6 is 11.3 Å². The Bertz CT molecular complexity index is 816. The van der Waals surface area contributed by atoms with Crippen molar-refractivity contribution in [2.45, 2.75) is 19.4 Å². The summed E-state index contributed by atoms with van der Waals surface area (Å²) in [7, 11) is 0. The quantitative estimate of drug-likeness (QED) is 0.765. The molecule has 124 valence electrons. The summed E-state index contributed by atoms with van der Waals surface area (Å²) in [6.45, 7) is 2.19. The van der Waals surface area contributed by atoms with Crippen molar-refractivity contribution in [3.8, 4) is 10.8 Å². The number of thiazole rings is 1. The summed E-state index contributed by atoms with van der Waals surface area (Å²) in [6, 6.07) is 11.9. The number of carbonyl (C=O) groups is 1. The van der Waals surface area contributed by atoms with Crippen molar-refractivity contribution in [2.75, 3.05) is 13.1 Å². The molecule has 3 aromatic rings. The highest BCUT2D eigenvalue weighted by Crippen LogP contribution is 2.31. The monoisotopic (exact) mass is 341 g/mol. The molecule has 2 N–H and O–H groups in total. The van der Waals surface area contributed by atoms with Crippen molar-refractivity contribution in [3.05, 3.63) is 42.2 Å². The maximum atomic E-state index is 12.2. The first-order chi connectivity index (χ1) is 11.8. The molecule has 0 bridgehead atoms. The van der Waals surface area contributed by atoms with E-state index in [2.05, 4.69) is 21.7 Å². The fraction of sp³-hybridized carbons (Fsp3) is 0.333. The number of furan rings is 1. The number of hydrogen-bond acceptors (Lipinski definition) is 5. The van der Waals surface area contributed by atoms with Gasteiger partial charge >= 0.3 is 0 Å². The van der Waals surface area contributed by atoms with Crippen molar-refractivity contribution >= 4 is 27.5 Å². The summed E-state index contributed by atoms with van der Waals surface area (Å²) in [6.07, 6.45) is 2.01. The Balaban J connectivity index is 1.42. The summed E-state index contributed by atoms with van der Waals surface area (Å²) >= 11 is 1.61. The Morgan fingerprint density at radius 2 is 2.25 bits per heavy atom. The van der Waals surface area contributed by atoms with Gasteiger partial charge in [-0.25, -0.2) is 4.98 Å². The lowest BCUT2D eigenvalue weighted by Crippen LogP contribution is -2.40. The average Bonchev–Trinajstić information content (AvgIpc) is 3.27. The number of aromatic nitrogens is 1. The van der Waals surface area contributed by atoms with Crippen molar-refractivity contribution < 1.29 is 9.21 Å². The number of hydrogen-bond donors (Lipinski definition) is 2. The van der Waals surface area contributed by atoms with Crippen molar-refractivity contribution in [3.63, 3.8) is 0 Å². The molecule has 1 aromatic carbocycles. The summed E-state index contributed by atoms with van der Waals surface area (Å²) in [5.41, 5.74) is 0.980.